The average molecular weight is 302 g/mol. The van der Waals surface area contributed by atoms with Gasteiger partial charge in [0.05, 0.1) is 5.69 Å². The third-order valence-corrected chi connectivity index (χ3v) is 3.88. The van der Waals surface area contributed by atoms with Gasteiger partial charge in [-0.25, -0.2) is 13.4 Å². The maximum absolute atomic E-state index is 12.9. The lowest BCUT2D eigenvalue weighted by molar-refractivity contribution is 0.584. The van der Waals surface area contributed by atoms with E-state index in [0.29, 0.717) is 5.02 Å². The van der Waals surface area contributed by atoms with Crippen molar-refractivity contribution in [2.75, 3.05) is 10.5 Å². The van der Waals surface area contributed by atoms with Crippen LogP contribution in [0.25, 0.3) is 0 Å². The molecule has 0 aliphatic carbocycles. The SMILES string of the molecule is Nc1cc(Cl)ccc1S(=O)(=O)Nc1cccc(F)n1. The van der Waals surface area contributed by atoms with Gasteiger partial charge < -0.3 is 5.73 Å². The molecule has 8 heteroatoms. The fourth-order valence-electron chi connectivity index (χ4n) is 1.42. The number of pyridine rings is 1. The molecule has 0 aliphatic heterocycles. The van der Waals surface area contributed by atoms with Crippen LogP contribution in [0, 0.1) is 5.95 Å². The van der Waals surface area contributed by atoms with Crippen LogP contribution in [-0.2, 0) is 10.0 Å². The topological polar surface area (TPSA) is 85.1 Å². The van der Waals surface area contributed by atoms with Crippen LogP contribution >= 0.6 is 11.6 Å². The number of benzene rings is 1. The number of nitrogens with one attached hydrogen (secondary N) is 1. The summed E-state index contributed by atoms with van der Waals surface area (Å²) in [6.07, 6.45) is 0. The van der Waals surface area contributed by atoms with E-state index in [2.05, 4.69) is 9.71 Å². The quantitative estimate of drug-likeness (QED) is 0.672. The predicted octanol–water partition coefficient (Wildman–Crippen LogP) is 2.26. The van der Waals surface area contributed by atoms with Gasteiger partial charge in [-0.15, -0.1) is 0 Å². The summed E-state index contributed by atoms with van der Waals surface area (Å²) >= 11 is 5.69. The van der Waals surface area contributed by atoms with Crippen molar-refractivity contribution in [1.29, 1.82) is 0 Å². The second-order valence-corrected chi connectivity index (χ2v) is 5.72. The fraction of sp³-hybridized carbons (Fsp3) is 0. The first-order chi connectivity index (χ1) is 8.88. The molecule has 19 heavy (non-hydrogen) atoms. The minimum absolute atomic E-state index is 0.00333. The molecular formula is C11H9ClFN3O2S. The summed E-state index contributed by atoms with van der Waals surface area (Å²) in [5.74, 6) is -0.918. The number of aromatic nitrogens is 1. The van der Waals surface area contributed by atoms with E-state index in [1.54, 1.807) is 0 Å². The fourth-order valence-corrected chi connectivity index (χ4v) is 2.72. The Morgan fingerprint density at radius 2 is 2.00 bits per heavy atom. The molecule has 0 aliphatic rings. The molecule has 0 bridgehead atoms. The predicted molar refractivity (Wildman–Crippen MR) is 70.9 cm³/mol. The third-order valence-electron chi connectivity index (χ3n) is 2.22. The molecule has 0 saturated heterocycles. The Morgan fingerprint density at radius 1 is 1.26 bits per heavy atom. The summed E-state index contributed by atoms with van der Waals surface area (Å²) in [5, 5.41) is 0.320. The highest BCUT2D eigenvalue weighted by atomic mass is 35.5. The lowest BCUT2D eigenvalue weighted by Crippen LogP contribution is -2.15. The molecule has 0 spiro atoms. The molecule has 1 heterocycles. The molecule has 0 fully saturated rings. The summed E-state index contributed by atoms with van der Waals surface area (Å²) in [4.78, 5) is 3.26. The molecule has 2 rings (SSSR count). The van der Waals surface area contributed by atoms with Crippen LogP contribution in [-0.4, -0.2) is 13.4 Å². The van der Waals surface area contributed by atoms with Gasteiger partial charge in [0, 0.05) is 5.02 Å². The number of anilines is 2. The Hall–Kier alpha value is -1.86. The first-order valence-corrected chi connectivity index (χ1v) is 6.95. The van der Waals surface area contributed by atoms with Crippen molar-refractivity contribution in [3.8, 4) is 0 Å². The van der Waals surface area contributed by atoms with E-state index in [9.17, 15) is 12.8 Å². The van der Waals surface area contributed by atoms with Gasteiger partial charge in [-0.2, -0.15) is 4.39 Å². The maximum Gasteiger partial charge on any atom is 0.265 e. The standard InChI is InChI=1S/C11H9ClFN3O2S/c12-7-4-5-9(8(14)6-7)19(17,18)16-11-3-1-2-10(13)15-11/h1-6H,14H2,(H,15,16). The summed E-state index contributed by atoms with van der Waals surface area (Å²) in [7, 11) is -3.94. The number of rotatable bonds is 3. The van der Waals surface area contributed by atoms with Crippen LogP contribution in [0.3, 0.4) is 0 Å². The van der Waals surface area contributed by atoms with Crippen molar-refractivity contribution in [2.24, 2.45) is 0 Å². The van der Waals surface area contributed by atoms with Crippen LogP contribution in [0.1, 0.15) is 0 Å². The first-order valence-electron chi connectivity index (χ1n) is 5.09. The number of nitrogens with zero attached hydrogens (tertiary/aromatic N) is 1. The Labute approximate surface area is 114 Å². The lowest BCUT2D eigenvalue weighted by Gasteiger charge is -2.09. The number of hydrogen-bond donors (Lipinski definition) is 2. The zero-order chi connectivity index (χ0) is 14.0. The van der Waals surface area contributed by atoms with Crippen LogP contribution in [0.4, 0.5) is 15.9 Å². The highest BCUT2D eigenvalue weighted by molar-refractivity contribution is 7.92. The second-order valence-electron chi connectivity index (χ2n) is 3.63. The third kappa shape index (κ3) is 3.12. The summed E-state index contributed by atoms with van der Waals surface area (Å²) in [6, 6.07) is 7.74. The van der Waals surface area contributed by atoms with Crippen LogP contribution < -0.4 is 10.5 Å². The van der Waals surface area contributed by atoms with E-state index < -0.39 is 16.0 Å². The zero-order valence-electron chi connectivity index (χ0n) is 9.47. The van der Waals surface area contributed by atoms with Crippen molar-refractivity contribution >= 4 is 33.1 Å². The van der Waals surface area contributed by atoms with Gasteiger partial charge in [-0.1, -0.05) is 17.7 Å². The van der Waals surface area contributed by atoms with Crippen molar-refractivity contribution in [3.05, 3.63) is 47.4 Å². The van der Waals surface area contributed by atoms with E-state index in [0.717, 1.165) is 6.07 Å². The number of sulfonamides is 1. The van der Waals surface area contributed by atoms with Crippen molar-refractivity contribution in [1.82, 2.24) is 4.98 Å². The van der Waals surface area contributed by atoms with E-state index in [4.69, 9.17) is 17.3 Å². The molecule has 1 aromatic heterocycles. The molecular weight excluding hydrogens is 293 g/mol. The molecule has 3 N–H and O–H groups in total. The monoisotopic (exact) mass is 301 g/mol. The number of hydrogen-bond acceptors (Lipinski definition) is 4. The molecule has 0 atom stereocenters. The van der Waals surface area contributed by atoms with Gasteiger partial charge in [-0.05, 0) is 30.3 Å². The summed E-state index contributed by atoms with van der Waals surface area (Å²) < 4.78 is 39.1. The highest BCUT2D eigenvalue weighted by Gasteiger charge is 2.18. The van der Waals surface area contributed by atoms with Gasteiger partial charge >= 0.3 is 0 Å². The Bertz CT molecular complexity index is 722. The summed E-state index contributed by atoms with van der Waals surface area (Å²) in [6.45, 7) is 0. The molecule has 0 radical (unpaired) electrons. The van der Waals surface area contributed by atoms with Crippen molar-refractivity contribution in [2.45, 2.75) is 4.90 Å². The normalized spacial score (nSPS) is 11.3. The molecule has 0 unspecified atom stereocenters. The largest absolute Gasteiger partial charge is 0.398 e. The Morgan fingerprint density at radius 3 is 2.63 bits per heavy atom. The van der Waals surface area contributed by atoms with Gasteiger partial charge in [-0.3, -0.25) is 4.72 Å². The second kappa shape index (κ2) is 5.02. The molecule has 100 valence electrons. The van der Waals surface area contributed by atoms with E-state index in [1.807, 2.05) is 0 Å². The van der Waals surface area contributed by atoms with Gasteiger partial charge in [0.15, 0.2) is 0 Å². The molecule has 0 amide bonds. The minimum atomic E-state index is -3.94. The van der Waals surface area contributed by atoms with Gasteiger partial charge in [0.2, 0.25) is 5.95 Å². The van der Waals surface area contributed by atoms with Gasteiger partial charge in [0.1, 0.15) is 10.7 Å². The number of nitrogen functional groups attached to an aromatic ring is 1. The lowest BCUT2D eigenvalue weighted by atomic mass is 10.3. The molecule has 2 aromatic rings. The maximum atomic E-state index is 12.9. The van der Waals surface area contributed by atoms with E-state index in [1.165, 1.54) is 30.3 Å². The smallest absolute Gasteiger partial charge is 0.265 e. The van der Waals surface area contributed by atoms with E-state index in [-0.39, 0.29) is 16.4 Å². The van der Waals surface area contributed by atoms with Gasteiger partial charge in [0.25, 0.3) is 10.0 Å². The van der Waals surface area contributed by atoms with E-state index >= 15 is 0 Å². The number of nitrogens with two attached hydrogens (primary N) is 1. The van der Waals surface area contributed by atoms with Crippen molar-refractivity contribution < 1.29 is 12.8 Å². The highest BCUT2D eigenvalue weighted by Crippen LogP contribution is 2.24. The first kappa shape index (κ1) is 13.6. The van der Waals surface area contributed by atoms with Crippen LogP contribution in [0.2, 0.25) is 5.02 Å². The Kier molecular flexibility index (Phi) is 3.59. The Balaban J connectivity index is 2.38. The zero-order valence-corrected chi connectivity index (χ0v) is 11.0. The minimum Gasteiger partial charge on any atom is -0.398 e. The molecule has 1 aromatic carbocycles. The van der Waals surface area contributed by atoms with Crippen LogP contribution in [0.15, 0.2) is 41.3 Å². The average Bonchev–Trinajstić information content (AvgIpc) is 2.27. The summed E-state index contributed by atoms with van der Waals surface area (Å²) in [5.41, 5.74) is 5.59. The van der Waals surface area contributed by atoms with Crippen molar-refractivity contribution in [3.63, 3.8) is 0 Å². The van der Waals surface area contributed by atoms with Crippen LogP contribution in [0.5, 0.6) is 0 Å². The number of halogens is 2. The molecule has 5 nitrogen and oxygen atoms in total. The molecule has 0 saturated carbocycles.